The van der Waals surface area contributed by atoms with Crippen LogP contribution in [0.3, 0.4) is 0 Å². The van der Waals surface area contributed by atoms with Crippen LogP contribution in [-0.4, -0.2) is 33.8 Å². The van der Waals surface area contributed by atoms with Crippen LogP contribution in [0.4, 0.5) is 11.4 Å². The van der Waals surface area contributed by atoms with Gasteiger partial charge in [-0.1, -0.05) is 42.5 Å². The van der Waals surface area contributed by atoms with Crippen molar-refractivity contribution in [1.82, 2.24) is 20.1 Å². The van der Waals surface area contributed by atoms with Gasteiger partial charge in [-0.15, -0.1) is 0 Å². The first kappa shape index (κ1) is 23.7. The summed E-state index contributed by atoms with van der Waals surface area (Å²) in [4.78, 5) is 30.2. The molecule has 0 saturated heterocycles. The summed E-state index contributed by atoms with van der Waals surface area (Å²) in [5, 5.41) is 10.3. The number of hydrogen-bond acceptors (Lipinski definition) is 6. The lowest BCUT2D eigenvalue weighted by Crippen LogP contribution is -2.27. The van der Waals surface area contributed by atoms with Crippen molar-refractivity contribution in [2.75, 3.05) is 18.5 Å². The normalized spacial score (nSPS) is 10.5. The Morgan fingerprint density at radius 1 is 1.03 bits per heavy atom. The van der Waals surface area contributed by atoms with E-state index in [1.165, 1.54) is 10.9 Å². The predicted octanol–water partition coefficient (Wildman–Crippen LogP) is 3.80. The maximum atomic E-state index is 13.2. The molecule has 1 amide bonds. The van der Waals surface area contributed by atoms with Crippen LogP contribution < -0.4 is 20.9 Å². The number of carbonyl (C=O) groups excluding carboxylic acids is 1. The number of ether oxygens (including phenoxy) is 1. The van der Waals surface area contributed by atoms with E-state index in [1.807, 2.05) is 55.5 Å². The highest BCUT2D eigenvalue weighted by molar-refractivity contribution is 5.95. The number of nitrogens with zero attached hydrogens (tertiary/aromatic N) is 3. The van der Waals surface area contributed by atoms with Crippen molar-refractivity contribution in [3.63, 3.8) is 0 Å². The van der Waals surface area contributed by atoms with Crippen LogP contribution in [-0.2, 0) is 13.0 Å². The summed E-state index contributed by atoms with van der Waals surface area (Å²) in [5.74, 6) is 0.151. The molecule has 8 heteroatoms. The molecular weight excluding hydrogens is 442 g/mol. The van der Waals surface area contributed by atoms with Gasteiger partial charge in [-0.2, -0.15) is 5.10 Å². The molecule has 0 unspecified atom stereocenters. The van der Waals surface area contributed by atoms with Crippen molar-refractivity contribution in [1.29, 1.82) is 0 Å². The van der Waals surface area contributed by atoms with Crippen LogP contribution in [0.15, 0.2) is 90.0 Å². The zero-order valence-corrected chi connectivity index (χ0v) is 19.5. The van der Waals surface area contributed by atoms with Crippen molar-refractivity contribution in [2.45, 2.75) is 19.9 Å². The van der Waals surface area contributed by atoms with E-state index >= 15 is 0 Å². The van der Waals surface area contributed by atoms with Gasteiger partial charge in [0.15, 0.2) is 11.4 Å². The minimum absolute atomic E-state index is 0.203. The molecule has 0 fully saturated rings. The lowest BCUT2D eigenvalue weighted by atomic mass is 10.1. The third-order valence-electron chi connectivity index (χ3n) is 5.27. The topological polar surface area (TPSA) is 98.1 Å². The van der Waals surface area contributed by atoms with Gasteiger partial charge >= 0.3 is 0 Å². The Morgan fingerprint density at radius 2 is 1.86 bits per heavy atom. The Morgan fingerprint density at radius 3 is 2.63 bits per heavy atom. The van der Waals surface area contributed by atoms with E-state index in [4.69, 9.17) is 4.74 Å². The first-order valence-electron chi connectivity index (χ1n) is 11.5. The summed E-state index contributed by atoms with van der Waals surface area (Å²) in [6, 6.07) is 22.3. The summed E-state index contributed by atoms with van der Waals surface area (Å²) in [6.07, 6.45) is 3.90. The molecule has 0 aliphatic rings. The molecule has 178 valence electrons. The van der Waals surface area contributed by atoms with Crippen LogP contribution >= 0.6 is 0 Å². The minimum Gasteiger partial charge on any atom is -0.490 e. The highest BCUT2D eigenvalue weighted by Gasteiger charge is 2.14. The van der Waals surface area contributed by atoms with Gasteiger partial charge in [-0.25, -0.2) is 4.68 Å². The van der Waals surface area contributed by atoms with Gasteiger partial charge in [-0.3, -0.25) is 14.6 Å². The molecular formula is C27H27N5O3. The number of amides is 1. The Kier molecular flexibility index (Phi) is 7.85. The number of pyridine rings is 1. The number of benzene rings is 2. The van der Waals surface area contributed by atoms with Gasteiger partial charge in [0.1, 0.15) is 0 Å². The third kappa shape index (κ3) is 6.32. The monoisotopic (exact) mass is 469 g/mol. The van der Waals surface area contributed by atoms with E-state index in [0.717, 1.165) is 11.3 Å². The van der Waals surface area contributed by atoms with Crippen molar-refractivity contribution < 1.29 is 9.53 Å². The Bertz CT molecular complexity index is 1320. The Balaban J connectivity index is 1.50. The zero-order valence-electron chi connectivity index (χ0n) is 19.5. The second-order valence-corrected chi connectivity index (χ2v) is 7.80. The van der Waals surface area contributed by atoms with Crippen molar-refractivity contribution in [3.05, 3.63) is 112 Å². The molecule has 4 rings (SSSR count). The molecule has 0 bridgehead atoms. The molecule has 35 heavy (non-hydrogen) atoms. The van der Waals surface area contributed by atoms with Crippen LogP contribution in [0.5, 0.6) is 5.75 Å². The maximum absolute atomic E-state index is 13.2. The molecule has 0 aliphatic carbocycles. The van der Waals surface area contributed by atoms with E-state index < -0.39 is 0 Å². The Labute approximate surface area is 203 Å². The van der Waals surface area contributed by atoms with Crippen LogP contribution in [0, 0.1) is 0 Å². The van der Waals surface area contributed by atoms with Gasteiger partial charge in [0.05, 0.1) is 19.3 Å². The molecule has 2 aromatic heterocycles. The fraction of sp³-hybridized carbons (Fsp3) is 0.185. The van der Waals surface area contributed by atoms with Crippen LogP contribution in [0.25, 0.3) is 0 Å². The number of carbonyl (C=O) groups is 1. The summed E-state index contributed by atoms with van der Waals surface area (Å²) in [5.41, 5.74) is 2.90. The molecule has 0 radical (unpaired) electrons. The molecule has 0 atom stereocenters. The van der Waals surface area contributed by atoms with Gasteiger partial charge in [0.2, 0.25) is 0 Å². The van der Waals surface area contributed by atoms with E-state index in [1.54, 1.807) is 30.5 Å². The van der Waals surface area contributed by atoms with Gasteiger partial charge in [-0.05, 0) is 42.8 Å². The fourth-order valence-electron chi connectivity index (χ4n) is 3.56. The van der Waals surface area contributed by atoms with E-state index in [-0.39, 0.29) is 17.2 Å². The molecule has 4 aromatic rings. The summed E-state index contributed by atoms with van der Waals surface area (Å²) in [7, 11) is 0. The van der Waals surface area contributed by atoms with Gasteiger partial charge in [0, 0.05) is 36.1 Å². The summed E-state index contributed by atoms with van der Waals surface area (Å²) < 4.78 is 7.03. The van der Waals surface area contributed by atoms with Crippen molar-refractivity contribution in [3.8, 4) is 5.75 Å². The van der Waals surface area contributed by atoms with Crippen molar-refractivity contribution in [2.24, 2.45) is 0 Å². The molecule has 2 aromatic carbocycles. The lowest BCUT2D eigenvalue weighted by molar-refractivity contribution is 0.0954. The Hall–Kier alpha value is -4.46. The number of nitrogens with one attached hydrogen (secondary N) is 2. The molecule has 0 saturated carbocycles. The second-order valence-electron chi connectivity index (χ2n) is 7.80. The first-order valence-corrected chi connectivity index (χ1v) is 11.5. The second kappa shape index (κ2) is 11.6. The molecule has 2 heterocycles. The average Bonchev–Trinajstić information content (AvgIpc) is 2.89. The zero-order chi connectivity index (χ0) is 24.5. The number of rotatable bonds is 10. The highest BCUT2D eigenvalue weighted by atomic mass is 16.5. The minimum atomic E-state index is -0.315. The van der Waals surface area contributed by atoms with E-state index in [9.17, 15) is 9.59 Å². The quantitative estimate of drug-likeness (QED) is 0.367. The molecule has 0 aliphatic heterocycles. The summed E-state index contributed by atoms with van der Waals surface area (Å²) >= 11 is 0. The van der Waals surface area contributed by atoms with Crippen LogP contribution in [0.1, 0.15) is 28.5 Å². The largest absolute Gasteiger partial charge is 0.490 e. The summed E-state index contributed by atoms with van der Waals surface area (Å²) in [6.45, 7) is 3.03. The standard InChI is InChI=1S/C27H27N5O3/c1-2-35-24-18-30-32(19-20-9-4-3-5-10-20)27(34)25(24)31-23-13-8-11-21(17-23)26(33)29-16-14-22-12-6-7-15-28-22/h3-13,15,17-18,31H,2,14,16,19H2,1H3,(H,29,33). The number of anilines is 2. The number of aromatic nitrogens is 3. The van der Waals surface area contributed by atoms with Gasteiger partial charge in [0.25, 0.3) is 11.5 Å². The smallest absolute Gasteiger partial charge is 0.294 e. The number of hydrogen-bond donors (Lipinski definition) is 2. The van der Waals surface area contributed by atoms with Crippen molar-refractivity contribution >= 4 is 17.3 Å². The highest BCUT2D eigenvalue weighted by Crippen LogP contribution is 2.24. The lowest BCUT2D eigenvalue weighted by Gasteiger charge is -2.14. The van der Waals surface area contributed by atoms with Crippen LogP contribution in [0.2, 0.25) is 0 Å². The van der Waals surface area contributed by atoms with Gasteiger partial charge < -0.3 is 15.4 Å². The van der Waals surface area contributed by atoms with E-state index in [0.29, 0.717) is 43.1 Å². The fourth-order valence-corrected chi connectivity index (χ4v) is 3.56. The average molecular weight is 470 g/mol. The predicted molar refractivity (Wildman–Crippen MR) is 135 cm³/mol. The third-order valence-corrected chi connectivity index (χ3v) is 5.27. The SMILES string of the molecule is CCOc1cnn(Cc2ccccc2)c(=O)c1Nc1cccc(C(=O)NCCc2ccccn2)c1. The molecule has 8 nitrogen and oxygen atoms in total. The maximum Gasteiger partial charge on any atom is 0.294 e. The van der Waals surface area contributed by atoms with E-state index in [2.05, 4.69) is 20.7 Å². The molecule has 2 N–H and O–H groups in total. The molecule has 0 spiro atoms. The first-order chi connectivity index (χ1) is 17.1.